The predicted molar refractivity (Wildman–Crippen MR) is 158 cm³/mol. The fraction of sp³-hybridized carbons (Fsp3) is 0.207. The van der Waals surface area contributed by atoms with E-state index in [-0.39, 0.29) is 27.7 Å². The Balaban J connectivity index is 1.69. The molecule has 3 aromatic carbocycles. The highest BCUT2D eigenvalue weighted by Gasteiger charge is 2.30. The number of nitrogens with one attached hydrogen (secondary N) is 3. The second kappa shape index (κ2) is 12.5. The zero-order valence-electron chi connectivity index (χ0n) is 22.7. The van der Waals surface area contributed by atoms with Gasteiger partial charge in [0.25, 0.3) is 11.6 Å². The predicted octanol–water partition coefficient (Wildman–Crippen LogP) is 6.68. The van der Waals surface area contributed by atoms with Crippen LogP contribution in [0.3, 0.4) is 0 Å². The number of H-pyrrole nitrogens is 1. The number of nitro groups is 1. The first-order valence-electron chi connectivity index (χ1n) is 12.6. The maximum Gasteiger partial charge on any atom is 0.408 e. The molecule has 4 aromatic rings. The smallest absolute Gasteiger partial charge is 0.408 e. The van der Waals surface area contributed by atoms with Gasteiger partial charge in [-0.25, -0.2) is 9.59 Å². The lowest BCUT2D eigenvalue weighted by Gasteiger charge is -2.23. The van der Waals surface area contributed by atoms with Crippen molar-refractivity contribution in [3.05, 3.63) is 98.1 Å². The summed E-state index contributed by atoms with van der Waals surface area (Å²) in [4.78, 5) is 53.4. The third kappa shape index (κ3) is 7.36. The summed E-state index contributed by atoms with van der Waals surface area (Å²) >= 11 is 12.2. The number of hydrogen-bond donors (Lipinski definition) is 3. The number of esters is 1. The molecular weight excluding hydrogens is 587 g/mol. The summed E-state index contributed by atoms with van der Waals surface area (Å²) in [5.74, 6) is -2.25. The number of rotatable bonds is 8. The maximum atomic E-state index is 13.6. The lowest BCUT2D eigenvalue weighted by Crippen LogP contribution is -2.46. The molecule has 0 aliphatic heterocycles. The van der Waals surface area contributed by atoms with Crippen LogP contribution in [-0.2, 0) is 16.0 Å². The van der Waals surface area contributed by atoms with Gasteiger partial charge in [0.15, 0.2) is 5.75 Å². The molecule has 218 valence electrons. The van der Waals surface area contributed by atoms with Gasteiger partial charge < -0.3 is 25.1 Å². The number of alkyl carbamates (subject to hydrolysis) is 1. The molecule has 0 spiro atoms. The van der Waals surface area contributed by atoms with Crippen LogP contribution in [0.15, 0.2) is 66.9 Å². The van der Waals surface area contributed by atoms with Gasteiger partial charge in [-0.2, -0.15) is 0 Å². The number of halogens is 2. The molecule has 0 saturated carbocycles. The van der Waals surface area contributed by atoms with Crippen molar-refractivity contribution in [3.8, 4) is 5.75 Å². The van der Waals surface area contributed by atoms with Crippen LogP contribution in [0.25, 0.3) is 10.9 Å². The van der Waals surface area contributed by atoms with Crippen molar-refractivity contribution in [2.75, 3.05) is 5.32 Å². The molecule has 0 aliphatic carbocycles. The van der Waals surface area contributed by atoms with E-state index in [1.165, 1.54) is 0 Å². The summed E-state index contributed by atoms with van der Waals surface area (Å²) < 4.78 is 10.9. The van der Waals surface area contributed by atoms with Crippen LogP contribution in [0.1, 0.15) is 36.7 Å². The van der Waals surface area contributed by atoms with Crippen LogP contribution in [0, 0.1) is 10.1 Å². The summed E-state index contributed by atoms with van der Waals surface area (Å²) in [5.41, 5.74) is 0.00922. The average molecular weight is 613 g/mol. The normalized spacial score (nSPS) is 11.9. The van der Waals surface area contributed by atoms with Crippen molar-refractivity contribution < 1.29 is 28.8 Å². The van der Waals surface area contributed by atoms with Crippen molar-refractivity contribution in [2.24, 2.45) is 0 Å². The minimum Gasteiger partial charge on any atom is -0.444 e. The molecule has 0 bridgehead atoms. The van der Waals surface area contributed by atoms with E-state index in [1.807, 2.05) is 24.3 Å². The van der Waals surface area contributed by atoms with Gasteiger partial charge >= 0.3 is 12.1 Å². The van der Waals surface area contributed by atoms with Gasteiger partial charge in [0.1, 0.15) is 16.7 Å². The Hall–Kier alpha value is -4.61. The number of fused-ring (bicyclic) bond motifs is 1. The number of aromatic nitrogens is 1. The molecule has 1 heterocycles. The van der Waals surface area contributed by atoms with E-state index in [9.17, 15) is 24.5 Å². The first-order valence-corrected chi connectivity index (χ1v) is 13.4. The van der Waals surface area contributed by atoms with Crippen molar-refractivity contribution in [3.63, 3.8) is 0 Å². The summed E-state index contributed by atoms with van der Waals surface area (Å²) in [5, 5.41) is 17.4. The highest BCUT2D eigenvalue weighted by molar-refractivity contribution is 6.34. The summed E-state index contributed by atoms with van der Waals surface area (Å²) in [6.07, 6.45) is 0.777. The van der Waals surface area contributed by atoms with Crippen molar-refractivity contribution in [1.29, 1.82) is 0 Å². The molecule has 0 radical (unpaired) electrons. The van der Waals surface area contributed by atoms with Gasteiger partial charge in [0.2, 0.25) is 0 Å². The number of benzene rings is 3. The topological polar surface area (TPSA) is 153 Å². The van der Waals surface area contributed by atoms with Crippen molar-refractivity contribution >= 4 is 63.4 Å². The van der Waals surface area contributed by atoms with Crippen LogP contribution in [0.2, 0.25) is 10.0 Å². The monoisotopic (exact) mass is 612 g/mol. The fourth-order valence-corrected chi connectivity index (χ4v) is 4.46. The molecule has 0 fully saturated rings. The van der Waals surface area contributed by atoms with Gasteiger partial charge in [-0.15, -0.1) is 0 Å². The Bertz CT molecular complexity index is 1680. The first kappa shape index (κ1) is 30.4. The lowest BCUT2D eigenvalue weighted by atomic mass is 10.0. The molecule has 0 unspecified atom stereocenters. The third-order valence-corrected chi connectivity index (χ3v) is 6.53. The Kier molecular flexibility index (Phi) is 9.03. The average Bonchev–Trinajstić information content (AvgIpc) is 3.31. The zero-order chi connectivity index (χ0) is 30.6. The molecule has 3 N–H and O–H groups in total. The number of para-hydroxylation sites is 2. The number of nitrogens with zero attached hydrogens (tertiary/aromatic N) is 1. The van der Waals surface area contributed by atoms with Crippen LogP contribution < -0.4 is 15.4 Å². The molecule has 2 amide bonds. The van der Waals surface area contributed by atoms with Crippen LogP contribution in [0.4, 0.5) is 16.2 Å². The highest BCUT2D eigenvalue weighted by Crippen LogP contribution is 2.34. The third-order valence-electron chi connectivity index (χ3n) is 5.90. The second-order valence-electron chi connectivity index (χ2n) is 10.2. The summed E-state index contributed by atoms with van der Waals surface area (Å²) in [6.45, 7) is 4.99. The lowest BCUT2D eigenvalue weighted by molar-refractivity contribution is -0.384. The standard InChI is InChI=1S/C29H26Cl2N4O7/c1-29(2,3)42-28(38)34-23(12-16-15-32-21-10-6-4-8-17(16)21)27(37)41-25-14-24(35(39)40)20(31)13-18(25)26(36)33-22-11-7-5-9-19(22)30/h4-11,13-15,23,32H,12H2,1-3H3,(H,33,36)(H,34,38)/t23-/m0/s1. The molecule has 0 aliphatic rings. The fourth-order valence-electron chi connectivity index (χ4n) is 4.04. The molecule has 42 heavy (non-hydrogen) atoms. The van der Waals surface area contributed by atoms with E-state index in [0.717, 1.165) is 23.0 Å². The van der Waals surface area contributed by atoms with Crippen LogP contribution in [0.5, 0.6) is 5.75 Å². The van der Waals surface area contributed by atoms with E-state index in [2.05, 4.69) is 15.6 Å². The SMILES string of the molecule is CC(C)(C)OC(=O)N[C@@H](Cc1c[nH]c2ccccc12)C(=O)Oc1cc([N+](=O)[O-])c(Cl)cc1C(=O)Nc1ccccc1Cl. The van der Waals surface area contributed by atoms with Gasteiger partial charge in [0.05, 0.1) is 27.3 Å². The van der Waals surface area contributed by atoms with E-state index in [0.29, 0.717) is 5.56 Å². The zero-order valence-corrected chi connectivity index (χ0v) is 24.2. The van der Waals surface area contributed by atoms with Gasteiger partial charge in [-0.3, -0.25) is 14.9 Å². The van der Waals surface area contributed by atoms with Crippen molar-refractivity contribution in [2.45, 2.75) is 38.8 Å². The molecule has 4 rings (SSSR count). The quantitative estimate of drug-likeness (QED) is 0.0868. The number of anilines is 1. The first-order chi connectivity index (χ1) is 19.8. The van der Waals surface area contributed by atoms with Gasteiger partial charge in [0, 0.05) is 23.5 Å². The Morgan fingerprint density at radius 2 is 1.71 bits per heavy atom. The largest absolute Gasteiger partial charge is 0.444 e. The minimum atomic E-state index is -1.31. The highest BCUT2D eigenvalue weighted by atomic mass is 35.5. The number of aromatic amines is 1. The Morgan fingerprint density at radius 3 is 2.40 bits per heavy atom. The van der Waals surface area contributed by atoms with Crippen LogP contribution >= 0.6 is 23.2 Å². The molecule has 1 aromatic heterocycles. The van der Waals surface area contributed by atoms with E-state index < -0.39 is 46.0 Å². The number of carbonyl (C=O) groups is 3. The molecule has 0 saturated heterocycles. The van der Waals surface area contributed by atoms with E-state index in [1.54, 1.807) is 51.2 Å². The molecule has 13 heteroatoms. The van der Waals surface area contributed by atoms with E-state index in [4.69, 9.17) is 32.7 Å². The number of hydrogen-bond acceptors (Lipinski definition) is 7. The Labute approximate surface area is 250 Å². The second-order valence-corrected chi connectivity index (χ2v) is 11.0. The number of nitro benzene ring substituents is 1. The maximum absolute atomic E-state index is 13.6. The van der Waals surface area contributed by atoms with Crippen LogP contribution in [-0.4, -0.2) is 39.5 Å². The van der Waals surface area contributed by atoms with Crippen molar-refractivity contribution in [1.82, 2.24) is 10.3 Å². The van der Waals surface area contributed by atoms with E-state index >= 15 is 0 Å². The number of amides is 2. The van der Waals surface area contributed by atoms with Gasteiger partial charge in [-0.1, -0.05) is 53.5 Å². The molecular formula is C29H26Cl2N4O7. The molecule has 11 nitrogen and oxygen atoms in total. The molecule has 1 atom stereocenters. The van der Waals surface area contributed by atoms with Gasteiger partial charge in [-0.05, 0) is 50.6 Å². The number of carbonyl (C=O) groups excluding carboxylic acids is 3. The Morgan fingerprint density at radius 1 is 1.02 bits per heavy atom. The summed E-state index contributed by atoms with van der Waals surface area (Å²) in [7, 11) is 0. The summed E-state index contributed by atoms with van der Waals surface area (Å²) in [6, 6.07) is 14.3. The minimum absolute atomic E-state index is 0.0288. The number of ether oxygens (including phenoxy) is 2.